The van der Waals surface area contributed by atoms with Gasteiger partial charge in [0.1, 0.15) is 5.60 Å². The molecule has 7 heteroatoms. The monoisotopic (exact) mass is 390 g/mol. The maximum absolute atomic E-state index is 13.0. The first-order chi connectivity index (χ1) is 14.2. The Labute approximate surface area is 168 Å². The molecule has 7 nitrogen and oxygen atoms in total. The number of nitrogens with zero attached hydrogens (tertiary/aromatic N) is 3. The zero-order chi connectivity index (χ0) is 19.8. The standard InChI is InChI=1S/C22H22N4O3/c27-20-19-18(22(29-20)11-5-2-6-12-22)10-7-13-25(19)21(28)24-16-14-23-26(15-16)17-8-3-1-4-9-17/h1,3-4,7-10,13-15,19H,2,5-6,11-12H2,(H,24,28). The summed E-state index contributed by atoms with van der Waals surface area (Å²) < 4.78 is 7.53. The number of para-hydroxylation sites is 1. The second-order valence-corrected chi connectivity index (χ2v) is 7.69. The largest absolute Gasteiger partial charge is 0.453 e. The lowest BCUT2D eigenvalue weighted by Crippen LogP contribution is -2.45. The van der Waals surface area contributed by atoms with Gasteiger partial charge < -0.3 is 10.1 Å². The molecule has 2 amide bonds. The molecule has 148 valence electrons. The van der Waals surface area contributed by atoms with Crippen molar-refractivity contribution in [2.75, 3.05) is 5.32 Å². The van der Waals surface area contributed by atoms with Gasteiger partial charge in [-0.3, -0.25) is 4.90 Å². The summed E-state index contributed by atoms with van der Waals surface area (Å²) in [6, 6.07) is 8.57. The fourth-order valence-corrected chi connectivity index (χ4v) is 4.51. The molecule has 1 aromatic carbocycles. The summed E-state index contributed by atoms with van der Waals surface area (Å²) in [7, 11) is 0. The van der Waals surface area contributed by atoms with E-state index in [0.29, 0.717) is 5.69 Å². The number of hydrogen-bond donors (Lipinski definition) is 1. The SMILES string of the molecule is O=C1OC2(CCCCC2)C2=CC=CN(C(=O)Nc3cnn(-c4ccccc4)c3)C12. The minimum Gasteiger partial charge on any atom is -0.453 e. The van der Waals surface area contributed by atoms with E-state index in [1.807, 2.05) is 42.5 Å². The predicted octanol–water partition coefficient (Wildman–Crippen LogP) is 3.79. The lowest BCUT2D eigenvalue weighted by molar-refractivity contribution is -0.151. The summed E-state index contributed by atoms with van der Waals surface area (Å²) in [5, 5.41) is 7.14. The Balaban J connectivity index is 1.35. The van der Waals surface area contributed by atoms with E-state index >= 15 is 0 Å². The van der Waals surface area contributed by atoms with Gasteiger partial charge in [0.15, 0.2) is 6.04 Å². The number of anilines is 1. The van der Waals surface area contributed by atoms with Crippen LogP contribution in [0.1, 0.15) is 32.1 Å². The lowest BCUT2D eigenvalue weighted by atomic mass is 9.77. The normalized spacial score (nSPS) is 22.2. The number of rotatable bonds is 2. The van der Waals surface area contributed by atoms with E-state index in [0.717, 1.165) is 43.4 Å². The van der Waals surface area contributed by atoms with Crippen LogP contribution in [0, 0.1) is 0 Å². The van der Waals surface area contributed by atoms with Gasteiger partial charge >= 0.3 is 12.0 Å². The Morgan fingerprint density at radius 1 is 1.17 bits per heavy atom. The van der Waals surface area contributed by atoms with Gasteiger partial charge in [0.2, 0.25) is 0 Å². The van der Waals surface area contributed by atoms with Crippen LogP contribution >= 0.6 is 0 Å². The van der Waals surface area contributed by atoms with Gasteiger partial charge in [-0.2, -0.15) is 5.10 Å². The van der Waals surface area contributed by atoms with Gasteiger partial charge in [0, 0.05) is 11.8 Å². The van der Waals surface area contributed by atoms with Crippen LogP contribution in [0.3, 0.4) is 0 Å². The summed E-state index contributed by atoms with van der Waals surface area (Å²) >= 11 is 0. The van der Waals surface area contributed by atoms with Crippen molar-refractivity contribution in [3.05, 3.63) is 66.7 Å². The molecule has 3 heterocycles. The van der Waals surface area contributed by atoms with E-state index < -0.39 is 11.6 Å². The molecule has 0 bridgehead atoms. The fourth-order valence-electron chi connectivity index (χ4n) is 4.51. The van der Waals surface area contributed by atoms with E-state index in [1.165, 1.54) is 4.90 Å². The first-order valence-corrected chi connectivity index (χ1v) is 9.97. The number of nitrogens with one attached hydrogen (secondary N) is 1. The van der Waals surface area contributed by atoms with Crippen molar-refractivity contribution >= 4 is 17.7 Å². The van der Waals surface area contributed by atoms with Gasteiger partial charge in [-0.05, 0) is 43.9 Å². The Hall–Kier alpha value is -3.35. The van der Waals surface area contributed by atoms with Crippen molar-refractivity contribution in [2.45, 2.75) is 43.7 Å². The maximum Gasteiger partial charge on any atom is 0.334 e. The van der Waals surface area contributed by atoms with Crippen LogP contribution in [0.5, 0.6) is 0 Å². The second-order valence-electron chi connectivity index (χ2n) is 7.69. The number of ether oxygens (including phenoxy) is 1. The van der Waals surface area contributed by atoms with Gasteiger partial charge in [0.25, 0.3) is 0 Å². The van der Waals surface area contributed by atoms with Crippen molar-refractivity contribution in [2.24, 2.45) is 0 Å². The topological polar surface area (TPSA) is 76.5 Å². The van der Waals surface area contributed by atoms with Crippen LogP contribution < -0.4 is 5.32 Å². The summed E-state index contributed by atoms with van der Waals surface area (Å²) in [6.07, 6.45) is 13.6. The van der Waals surface area contributed by atoms with Gasteiger partial charge in [-0.15, -0.1) is 0 Å². The van der Waals surface area contributed by atoms with E-state index in [4.69, 9.17) is 4.74 Å². The number of benzene rings is 1. The summed E-state index contributed by atoms with van der Waals surface area (Å²) in [4.78, 5) is 27.1. The molecule has 1 spiro atoms. The average molecular weight is 390 g/mol. The molecular formula is C22H22N4O3. The van der Waals surface area contributed by atoms with E-state index in [1.54, 1.807) is 23.3 Å². The third-order valence-electron chi connectivity index (χ3n) is 5.89. The third-order valence-corrected chi connectivity index (χ3v) is 5.89. The van der Waals surface area contributed by atoms with E-state index in [-0.39, 0.29) is 12.0 Å². The molecule has 1 saturated heterocycles. The first kappa shape index (κ1) is 17.7. The Kier molecular flexibility index (Phi) is 4.23. The van der Waals surface area contributed by atoms with Crippen molar-refractivity contribution in [3.8, 4) is 5.69 Å². The Bertz CT molecular complexity index is 1000. The summed E-state index contributed by atoms with van der Waals surface area (Å²) in [5.74, 6) is -0.349. The zero-order valence-electron chi connectivity index (χ0n) is 16.0. The van der Waals surface area contributed by atoms with Gasteiger partial charge in [0.05, 0.1) is 23.8 Å². The quantitative estimate of drug-likeness (QED) is 0.792. The minimum absolute atomic E-state index is 0.349. The molecule has 1 N–H and O–H groups in total. The third kappa shape index (κ3) is 3.03. The Morgan fingerprint density at radius 2 is 1.97 bits per heavy atom. The predicted molar refractivity (Wildman–Crippen MR) is 107 cm³/mol. The number of fused-ring (bicyclic) bond motifs is 2. The van der Waals surface area contributed by atoms with E-state index in [9.17, 15) is 9.59 Å². The van der Waals surface area contributed by atoms with Crippen molar-refractivity contribution < 1.29 is 14.3 Å². The second kappa shape index (κ2) is 6.92. The molecule has 2 aliphatic heterocycles. The molecule has 0 radical (unpaired) electrons. The number of carbonyl (C=O) groups excluding carboxylic acids is 2. The molecule has 2 fully saturated rings. The molecule has 1 aromatic heterocycles. The molecule has 5 rings (SSSR count). The molecule has 2 aromatic rings. The highest BCUT2D eigenvalue weighted by Gasteiger charge is 2.54. The van der Waals surface area contributed by atoms with Crippen molar-refractivity contribution in [1.29, 1.82) is 0 Å². The highest BCUT2D eigenvalue weighted by atomic mass is 16.6. The molecule has 1 saturated carbocycles. The van der Waals surface area contributed by atoms with E-state index in [2.05, 4.69) is 10.4 Å². The number of hydrogen-bond acceptors (Lipinski definition) is 4. The number of aromatic nitrogens is 2. The molecule has 29 heavy (non-hydrogen) atoms. The molecule has 3 aliphatic rings. The van der Waals surface area contributed by atoms with Crippen LogP contribution in [0.4, 0.5) is 10.5 Å². The first-order valence-electron chi connectivity index (χ1n) is 9.97. The summed E-state index contributed by atoms with van der Waals surface area (Å²) in [6.45, 7) is 0. The van der Waals surface area contributed by atoms with Crippen molar-refractivity contribution in [3.63, 3.8) is 0 Å². The van der Waals surface area contributed by atoms with Crippen LogP contribution in [-0.2, 0) is 9.53 Å². The van der Waals surface area contributed by atoms with Crippen molar-refractivity contribution in [1.82, 2.24) is 14.7 Å². The number of allylic oxidation sites excluding steroid dienone is 2. The number of esters is 1. The van der Waals surface area contributed by atoms with Crippen LogP contribution in [0.2, 0.25) is 0 Å². The van der Waals surface area contributed by atoms with Crippen LogP contribution in [0.15, 0.2) is 66.7 Å². The highest BCUT2D eigenvalue weighted by Crippen LogP contribution is 2.46. The zero-order valence-corrected chi connectivity index (χ0v) is 16.0. The fraction of sp³-hybridized carbons (Fsp3) is 0.318. The average Bonchev–Trinajstić information content (AvgIpc) is 3.32. The number of amides is 2. The van der Waals surface area contributed by atoms with Crippen LogP contribution in [0.25, 0.3) is 5.69 Å². The summed E-state index contributed by atoms with van der Waals surface area (Å²) in [5.41, 5.74) is 1.82. The smallest absolute Gasteiger partial charge is 0.334 e. The highest BCUT2D eigenvalue weighted by molar-refractivity contribution is 5.96. The van der Waals surface area contributed by atoms with Crippen LogP contribution in [-0.4, -0.2) is 38.3 Å². The molecule has 1 unspecified atom stereocenters. The Morgan fingerprint density at radius 3 is 2.76 bits per heavy atom. The minimum atomic E-state index is -0.692. The maximum atomic E-state index is 13.0. The number of urea groups is 1. The van der Waals surface area contributed by atoms with Gasteiger partial charge in [-0.25, -0.2) is 14.3 Å². The van der Waals surface area contributed by atoms with Gasteiger partial charge in [-0.1, -0.05) is 30.7 Å². The lowest BCUT2D eigenvalue weighted by Gasteiger charge is -2.35. The molecular weight excluding hydrogens is 368 g/mol. The molecule has 1 aliphatic carbocycles. The molecule has 1 atom stereocenters. The number of carbonyl (C=O) groups is 2.